The minimum atomic E-state index is 0.805. The number of halogens is 1. The van der Waals surface area contributed by atoms with E-state index in [2.05, 4.69) is 6.58 Å². The molecule has 0 bridgehead atoms. The Morgan fingerprint density at radius 2 is 1.58 bits per heavy atom. The fourth-order valence-electron chi connectivity index (χ4n) is 1.07. The molecular weight excluding hydrogens is 172 g/mol. The molecule has 0 saturated carbocycles. The van der Waals surface area contributed by atoms with Gasteiger partial charge in [0.1, 0.15) is 0 Å². The summed E-state index contributed by atoms with van der Waals surface area (Å²) in [6.45, 7) is 4.30. The van der Waals surface area contributed by atoms with Gasteiger partial charge in [-0.3, -0.25) is 0 Å². The quantitative estimate of drug-likeness (QED) is 0.306. The van der Waals surface area contributed by atoms with Crippen molar-refractivity contribution in [2.24, 2.45) is 0 Å². The molecule has 0 saturated heterocycles. The standard InChI is InChI=1S/C10H19ClO/c1-2-12-10-8-6-4-3-5-7-9-11/h2H,1,3-10H2. The Morgan fingerprint density at radius 1 is 1.00 bits per heavy atom. The molecule has 0 radical (unpaired) electrons. The van der Waals surface area contributed by atoms with E-state index in [0.717, 1.165) is 25.3 Å². The Kier molecular flexibility index (Phi) is 10.7. The first-order valence-electron chi connectivity index (χ1n) is 4.70. The van der Waals surface area contributed by atoms with Crippen molar-refractivity contribution in [1.29, 1.82) is 0 Å². The van der Waals surface area contributed by atoms with Crippen LogP contribution in [0.2, 0.25) is 0 Å². The Labute approximate surface area is 80.8 Å². The van der Waals surface area contributed by atoms with Crippen molar-refractivity contribution in [2.75, 3.05) is 12.5 Å². The molecule has 0 rings (SSSR count). The first-order chi connectivity index (χ1) is 5.91. The van der Waals surface area contributed by atoms with E-state index in [4.69, 9.17) is 16.3 Å². The monoisotopic (exact) mass is 190 g/mol. The summed E-state index contributed by atoms with van der Waals surface area (Å²) in [6.07, 6.45) is 8.95. The lowest BCUT2D eigenvalue weighted by molar-refractivity contribution is 0.241. The maximum Gasteiger partial charge on any atom is 0.0873 e. The number of rotatable bonds is 9. The van der Waals surface area contributed by atoms with Crippen molar-refractivity contribution in [3.8, 4) is 0 Å². The van der Waals surface area contributed by atoms with Gasteiger partial charge in [0.15, 0.2) is 0 Å². The first-order valence-corrected chi connectivity index (χ1v) is 5.23. The van der Waals surface area contributed by atoms with E-state index in [1.165, 1.54) is 31.9 Å². The third-order valence-corrected chi connectivity index (χ3v) is 2.03. The summed E-state index contributed by atoms with van der Waals surface area (Å²) < 4.78 is 5.00. The first kappa shape index (κ1) is 11.8. The summed E-state index contributed by atoms with van der Waals surface area (Å²) in [6, 6.07) is 0. The zero-order chi connectivity index (χ0) is 9.07. The van der Waals surface area contributed by atoms with Gasteiger partial charge >= 0.3 is 0 Å². The average Bonchev–Trinajstić information content (AvgIpc) is 2.10. The van der Waals surface area contributed by atoms with Crippen LogP contribution >= 0.6 is 11.6 Å². The van der Waals surface area contributed by atoms with Crippen LogP contribution in [0.5, 0.6) is 0 Å². The van der Waals surface area contributed by atoms with Gasteiger partial charge in [0.25, 0.3) is 0 Å². The summed E-state index contributed by atoms with van der Waals surface area (Å²) in [4.78, 5) is 0. The Morgan fingerprint density at radius 3 is 2.17 bits per heavy atom. The molecule has 0 amide bonds. The third kappa shape index (κ3) is 9.83. The van der Waals surface area contributed by atoms with Crippen molar-refractivity contribution in [3.05, 3.63) is 12.8 Å². The average molecular weight is 191 g/mol. The summed E-state index contributed by atoms with van der Waals surface area (Å²) in [5.74, 6) is 0.805. The van der Waals surface area contributed by atoms with Gasteiger partial charge in [-0.2, -0.15) is 0 Å². The minimum absolute atomic E-state index is 0.805. The second-order valence-electron chi connectivity index (χ2n) is 2.85. The zero-order valence-electron chi connectivity index (χ0n) is 7.73. The lowest BCUT2D eigenvalue weighted by Gasteiger charge is -2.00. The van der Waals surface area contributed by atoms with Crippen molar-refractivity contribution in [2.45, 2.75) is 38.5 Å². The molecule has 1 nitrogen and oxygen atoms in total. The summed E-state index contributed by atoms with van der Waals surface area (Å²) in [7, 11) is 0. The van der Waals surface area contributed by atoms with Crippen LogP contribution in [0, 0.1) is 0 Å². The predicted octanol–water partition coefficient (Wildman–Crippen LogP) is 3.73. The third-order valence-electron chi connectivity index (χ3n) is 1.76. The van der Waals surface area contributed by atoms with Gasteiger partial charge in [0, 0.05) is 5.88 Å². The van der Waals surface area contributed by atoms with Crippen LogP contribution < -0.4 is 0 Å². The van der Waals surface area contributed by atoms with Crippen molar-refractivity contribution >= 4 is 11.6 Å². The molecule has 0 aliphatic heterocycles. The fraction of sp³-hybridized carbons (Fsp3) is 0.800. The van der Waals surface area contributed by atoms with E-state index in [1.54, 1.807) is 0 Å². The molecule has 0 unspecified atom stereocenters. The molecule has 0 heterocycles. The van der Waals surface area contributed by atoms with Gasteiger partial charge in [-0.1, -0.05) is 32.3 Å². The molecule has 0 aliphatic rings. The highest BCUT2D eigenvalue weighted by atomic mass is 35.5. The van der Waals surface area contributed by atoms with Gasteiger partial charge in [0.2, 0.25) is 0 Å². The Hall–Kier alpha value is -0.170. The summed E-state index contributed by atoms with van der Waals surface area (Å²) >= 11 is 5.55. The molecule has 0 aliphatic carbocycles. The summed E-state index contributed by atoms with van der Waals surface area (Å²) in [5.41, 5.74) is 0. The molecule has 0 N–H and O–H groups in total. The van der Waals surface area contributed by atoms with E-state index in [9.17, 15) is 0 Å². The number of hydrogen-bond acceptors (Lipinski definition) is 1. The number of ether oxygens (including phenoxy) is 1. The van der Waals surface area contributed by atoms with Crippen molar-refractivity contribution in [3.63, 3.8) is 0 Å². The molecule has 0 aromatic heterocycles. The molecule has 0 fully saturated rings. The van der Waals surface area contributed by atoms with Gasteiger partial charge in [-0.15, -0.1) is 11.6 Å². The van der Waals surface area contributed by atoms with E-state index < -0.39 is 0 Å². The second kappa shape index (κ2) is 10.8. The van der Waals surface area contributed by atoms with Crippen LogP contribution in [0.1, 0.15) is 38.5 Å². The lowest BCUT2D eigenvalue weighted by atomic mass is 10.1. The highest BCUT2D eigenvalue weighted by Crippen LogP contribution is 2.05. The van der Waals surface area contributed by atoms with Gasteiger partial charge in [-0.25, -0.2) is 0 Å². The van der Waals surface area contributed by atoms with Crippen LogP contribution in [-0.4, -0.2) is 12.5 Å². The van der Waals surface area contributed by atoms with Crippen LogP contribution in [0.4, 0.5) is 0 Å². The normalized spacial score (nSPS) is 9.75. The molecule has 0 aromatic carbocycles. The number of hydrogen-bond donors (Lipinski definition) is 0. The van der Waals surface area contributed by atoms with Crippen LogP contribution in [0.15, 0.2) is 12.8 Å². The molecule has 0 atom stereocenters. The lowest BCUT2D eigenvalue weighted by Crippen LogP contribution is -1.87. The SMILES string of the molecule is C=COCCCCCCCCCl. The minimum Gasteiger partial charge on any atom is -0.502 e. The Bertz CT molecular complexity index is 93.8. The van der Waals surface area contributed by atoms with Gasteiger partial charge < -0.3 is 4.74 Å². The number of alkyl halides is 1. The van der Waals surface area contributed by atoms with E-state index in [-0.39, 0.29) is 0 Å². The van der Waals surface area contributed by atoms with Crippen molar-refractivity contribution in [1.82, 2.24) is 0 Å². The molecule has 2 heteroatoms. The molecule has 0 spiro atoms. The van der Waals surface area contributed by atoms with Crippen LogP contribution in [-0.2, 0) is 4.74 Å². The maximum atomic E-state index is 5.55. The van der Waals surface area contributed by atoms with Crippen LogP contribution in [0.3, 0.4) is 0 Å². The molecule has 0 aromatic rings. The van der Waals surface area contributed by atoms with E-state index in [1.807, 2.05) is 0 Å². The Balaban J connectivity index is 2.77. The summed E-state index contributed by atoms with van der Waals surface area (Å²) in [5, 5.41) is 0. The zero-order valence-corrected chi connectivity index (χ0v) is 8.48. The van der Waals surface area contributed by atoms with Gasteiger partial charge in [-0.05, 0) is 12.8 Å². The second-order valence-corrected chi connectivity index (χ2v) is 3.23. The highest BCUT2D eigenvalue weighted by Gasteiger charge is 1.90. The van der Waals surface area contributed by atoms with Crippen molar-refractivity contribution < 1.29 is 4.74 Å². The largest absolute Gasteiger partial charge is 0.502 e. The maximum absolute atomic E-state index is 5.55. The van der Waals surface area contributed by atoms with E-state index in [0.29, 0.717) is 0 Å². The fourth-order valence-corrected chi connectivity index (χ4v) is 1.26. The smallest absolute Gasteiger partial charge is 0.0873 e. The highest BCUT2D eigenvalue weighted by molar-refractivity contribution is 6.17. The molecular formula is C10H19ClO. The predicted molar refractivity (Wildman–Crippen MR) is 54.6 cm³/mol. The molecule has 12 heavy (non-hydrogen) atoms. The topological polar surface area (TPSA) is 9.23 Å². The van der Waals surface area contributed by atoms with Gasteiger partial charge in [0.05, 0.1) is 12.9 Å². The van der Waals surface area contributed by atoms with E-state index >= 15 is 0 Å². The number of unbranched alkanes of at least 4 members (excludes halogenated alkanes) is 5. The van der Waals surface area contributed by atoms with Crippen LogP contribution in [0.25, 0.3) is 0 Å². The molecule has 72 valence electrons.